The van der Waals surface area contributed by atoms with Crippen LogP contribution in [-0.2, 0) is 18.9 Å². The quantitative estimate of drug-likeness (QED) is 0.611. The number of rotatable bonds is 3. The van der Waals surface area contributed by atoms with Crippen molar-refractivity contribution in [2.45, 2.75) is 102 Å². The SMILES string of the molecule is CC(C)(C)OC(=O)N1CCC2(CCCN2C[C@H]2O[C@@H](n3cnc4cncnc43)[C@@H]3OC(C)(C)O[C@@H]32)CC1. The molecule has 2 aromatic rings. The number of hydrogen-bond acceptors (Lipinski definition) is 9. The van der Waals surface area contributed by atoms with E-state index in [-0.39, 0.29) is 36.2 Å². The molecule has 11 heteroatoms. The highest BCUT2D eigenvalue weighted by molar-refractivity contribution is 5.69. The molecule has 202 valence electrons. The van der Waals surface area contributed by atoms with Gasteiger partial charge in [-0.2, -0.15) is 0 Å². The molecule has 0 aromatic carbocycles. The summed E-state index contributed by atoms with van der Waals surface area (Å²) in [6.45, 7) is 12.8. The van der Waals surface area contributed by atoms with Crippen LogP contribution in [0.15, 0.2) is 18.9 Å². The van der Waals surface area contributed by atoms with Crippen molar-refractivity contribution in [3.05, 3.63) is 18.9 Å². The predicted molar refractivity (Wildman–Crippen MR) is 134 cm³/mol. The summed E-state index contributed by atoms with van der Waals surface area (Å²) in [5.74, 6) is -0.692. The molecule has 4 saturated heterocycles. The van der Waals surface area contributed by atoms with Gasteiger partial charge in [0.15, 0.2) is 17.7 Å². The fourth-order valence-electron chi connectivity index (χ4n) is 6.50. The normalized spacial score (nSPS) is 31.3. The van der Waals surface area contributed by atoms with Gasteiger partial charge in [-0.1, -0.05) is 0 Å². The molecule has 4 atom stereocenters. The highest BCUT2D eigenvalue weighted by Crippen LogP contribution is 2.46. The lowest BCUT2D eigenvalue weighted by atomic mass is 9.84. The van der Waals surface area contributed by atoms with Gasteiger partial charge in [0.2, 0.25) is 0 Å². The average molecular weight is 515 g/mol. The summed E-state index contributed by atoms with van der Waals surface area (Å²) in [5.41, 5.74) is 1.03. The minimum absolute atomic E-state index is 0.0688. The highest BCUT2D eigenvalue weighted by Gasteiger charge is 2.57. The van der Waals surface area contributed by atoms with E-state index in [0.717, 1.165) is 49.9 Å². The van der Waals surface area contributed by atoms with Gasteiger partial charge in [0.1, 0.15) is 35.8 Å². The van der Waals surface area contributed by atoms with Gasteiger partial charge in [0.25, 0.3) is 0 Å². The Morgan fingerprint density at radius 2 is 1.86 bits per heavy atom. The molecular weight excluding hydrogens is 476 g/mol. The molecule has 1 spiro atoms. The number of nitrogens with zero attached hydrogens (tertiary/aromatic N) is 6. The Bertz CT molecular complexity index is 1150. The smallest absolute Gasteiger partial charge is 0.410 e. The highest BCUT2D eigenvalue weighted by atomic mass is 16.8. The first-order chi connectivity index (χ1) is 17.5. The number of fused-ring (bicyclic) bond motifs is 2. The summed E-state index contributed by atoms with van der Waals surface area (Å²) < 4.78 is 27.0. The molecule has 6 heterocycles. The van der Waals surface area contributed by atoms with E-state index in [1.807, 2.05) is 44.1 Å². The van der Waals surface area contributed by atoms with Crippen molar-refractivity contribution >= 4 is 17.3 Å². The zero-order chi connectivity index (χ0) is 26.0. The Kier molecular flexibility index (Phi) is 5.98. The van der Waals surface area contributed by atoms with E-state index >= 15 is 0 Å². The van der Waals surface area contributed by atoms with E-state index in [1.165, 1.54) is 6.33 Å². The van der Waals surface area contributed by atoms with Crippen LogP contribution >= 0.6 is 0 Å². The van der Waals surface area contributed by atoms with Gasteiger partial charge in [-0.25, -0.2) is 19.7 Å². The second-order valence-corrected chi connectivity index (χ2v) is 12.3. The predicted octanol–water partition coefficient (Wildman–Crippen LogP) is 3.11. The number of aromatic nitrogens is 4. The fraction of sp³-hybridized carbons (Fsp3) is 0.769. The number of imidazole rings is 1. The van der Waals surface area contributed by atoms with Crippen molar-refractivity contribution < 1.29 is 23.7 Å². The molecule has 0 aliphatic carbocycles. The average Bonchev–Trinajstić information content (AvgIpc) is 3.57. The molecule has 4 fully saturated rings. The summed E-state index contributed by atoms with van der Waals surface area (Å²) in [5, 5.41) is 0. The van der Waals surface area contributed by atoms with Crippen LogP contribution in [0.25, 0.3) is 11.2 Å². The van der Waals surface area contributed by atoms with Crippen LogP contribution < -0.4 is 0 Å². The second-order valence-electron chi connectivity index (χ2n) is 12.3. The van der Waals surface area contributed by atoms with Gasteiger partial charge in [0, 0.05) is 25.2 Å². The van der Waals surface area contributed by atoms with Crippen LogP contribution in [0.2, 0.25) is 0 Å². The molecule has 11 nitrogen and oxygen atoms in total. The van der Waals surface area contributed by atoms with Crippen LogP contribution in [0, 0.1) is 0 Å². The molecule has 1 amide bonds. The van der Waals surface area contributed by atoms with Gasteiger partial charge >= 0.3 is 6.09 Å². The Morgan fingerprint density at radius 1 is 1.11 bits per heavy atom. The zero-order valence-electron chi connectivity index (χ0n) is 22.4. The molecule has 4 aliphatic heterocycles. The summed E-state index contributed by atoms with van der Waals surface area (Å²) in [6, 6.07) is 0. The van der Waals surface area contributed by atoms with Gasteiger partial charge in [0.05, 0.1) is 12.5 Å². The van der Waals surface area contributed by atoms with Gasteiger partial charge < -0.3 is 23.8 Å². The number of ether oxygens (including phenoxy) is 4. The largest absolute Gasteiger partial charge is 0.444 e. The lowest BCUT2D eigenvalue weighted by Gasteiger charge is -2.46. The van der Waals surface area contributed by atoms with Crippen LogP contribution in [0.4, 0.5) is 4.79 Å². The second kappa shape index (κ2) is 8.86. The van der Waals surface area contributed by atoms with E-state index in [0.29, 0.717) is 13.1 Å². The van der Waals surface area contributed by atoms with Crippen molar-refractivity contribution in [2.24, 2.45) is 0 Å². The number of amides is 1. The lowest BCUT2D eigenvalue weighted by Crippen LogP contribution is -2.56. The zero-order valence-corrected chi connectivity index (χ0v) is 22.4. The van der Waals surface area contributed by atoms with Crippen molar-refractivity contribution in [1.82, 2.24) is 29.3 Å². The molecule has 0 unspecified atom stereocenters. The van der Waals surface area contributed by atoms with Gasteiger partial charge in [-0.05, 0) is 66.8 Å². The van der Waals surface area contributed by atoms with Crippen LogP contribution in [0.1, 0.15) is 66.5 Å². The number of carbonyl (C=O) groups is 1. The molecule has 0 radical (unpaired) electrons. The molecule has 2 aromatic heterocycles. The molecular formula is C26H38N6O5. The van der Waals surface area contributed by atoms with Crippen LogP contribution in [0.3, 0.4) is 0 Å². The van der Waals surface area contributed by atoms with Gasteiger partial charge in [-0.15, -0.1) is 0 Å². The Morgan fingerprint density at radius 3 is 2.62 bits per heavy atom. The van der Waals surface area contributed by atoms with E-state index in [9.17, 15) is 4.79 Å². The third kappa shape index (κ3) is 4.60. The van der Waals surface area contributed by atoms with Crippen LogP contribution in [0.5, 0.6) is 0 Å². The third-order valence-electron chi connectivity index (χ3n) is 8.13. The summed E-state index contributed by atoms with van der Waals surface area (Å²) in [6.07, 6.45) is 7.90. The topological polar surface area (TPSA) is 104 Å². The summed E-state index contributed by atoms with van der Waals surface area (Å²) in [4.78, 5) is 30.0. The van der Waals surface area contributed by atoms with Crippen molar-refractivity contribution in [2.75, 3.05) is 26.2 Å². The Hall–Kier alpha value is -2.34. The summed E-state index contributed by atoms with van der Waals surface area (Å²) in [7, 11) is 0. The molecule has 0 N–H and O–H groups in total. The van der Waals surface area contributed by atoms with E-state index in [4.69, 9.17) is 18.9 Å². The van der Waals surface area contributed by atoms with Crippen molar-refractivity contribution in [3.8, 4) is 0 Å². The Labute approximate surface area is 217 Å². The number of likely N-dealkylation sites (tertiary alicyclic amines) is 2. The maximum Gasteiger partial charge on any atom is 0.410 e. The monoisotopic (exact) mass is 514 g/mol. The minimum atomic E-state index is -0.692. The molecule has 4 aliphatic rings. The van der Waals surface area contributed by atoms with Crippen molar-refractivity contribution in [3.63, 3.8) is 0 Å². The minimum Gasteiger partial charge on any atom is -0.444 e. The molecule has 0 saturated carbocycles. The number of carbonyl (C=O) groups excluding carboxylic acids is 1. The summed E-state index contributed by atoms with van der Waals surface area (Å²) >= 11 is 0. The fourth-order valence-corrected chi connectivity index (χ4v) is 6.50. The van der Waals surface area contributed by atoms with E-state index in [1.54, 1.807) is 12.5 Å². The molecule has 37 heavy (non-hydrogen) atoms. The van der Waals surface area contributed by atoms with Crippen molar-refractivity contribution in [1.29, 1.82) is 0 Å². The first-order valence-corrected chi connectivity index (χ1v) is 13.4. The van der Waals surface area contributed by atoms with E-state index in [2.05, 4.69) is 19.9 Å². The maximum absolute atomic E-state index is 12.6. The standard InChI is InChI=1S/C26H38N6O5/c1-24(2,3)37-23(33)30-11-8-26(9-12-30)7-6-10-31(26)14-18-19-20(36-25(4,5)35-19)22(34-18)32-16-29-17-13-27-15-28-21(17)32/h13,15-16,18-20,22H,6-12,14H2,1-5H3/t18-,19-,20-,22-/m1/s1. The third-order valence-corrected chi connectivity index (χ3v) is 8.13. The maximum atomic E-state index is 12.6. The molecule has 0 bridgehead atoms. The Balaban J connectivity index is 1.18. The number of hydrogen-bond donors (Lipinski definition) is 0. The first-order valence-electron chi connectivity index (χ1n) is 13.4. The number of piperidine rings is 1. The lowest BCUT2D eigenvalue weighted by molar-refractivity contribution is -0.199. The van der Waals surface area contributed by atoms with Gasteiger partial charge in [-0.3, -0.25) is 9.47 Å². The van der Waals surface area contributed by atoms with E-state index < -0.39 is 11.4 Å². The molecule has 6 rings (SSSR count). The first kappa shape index (κ1) is 25.0. The van der Waals surface area contributed by atoms with Crippen LogP contribution in [-0.4, -0.2) is 96.8 Å².